The Bertz CT molecular complexity index is 105. The zero-order chi connectivity index (χ0) is 6.57. The van der Waals surface area contributed by atoms with E-state index in [1.165, 1.54) is 0 Å². The Labute approximate surface area is 48.8 Å². The van der Waals surface area contributed by atoms with Crippen LogP contribution in [-0.2, 0) is 4.79 Å². The Morgan fingerprint density at radius 2 is 2.25 bits per heavy atom. The maximum absolute atomic E-state index is 9.80. The van der Waals surface area contributed by atoms with E-state index < -0.39 is 5.97 Å². The van der Waals surface area contributed by atoms with E-state index in [1.807, 2.05) is 6.92 Å². The molecule has 0 spiro atoms. The highest BCUT2D eigenvalue weighted by Gasteiger charge is 1.87. The molecular weight excluding hydrogens is 104 g/mol. The van der Waals surface area contributed by atoms with E-state index in [4.69, 9.17) is 0 Å². The number of carboxylic acids is 1. The summed E-state index contributed by atoms with van der Waals surface area (Å²) in [6, 6.07) is 0. The minimum Gasteiger partial charge on any atom is -0.550 e. The highest BCUT2D eigenvalue weighted by molar-refractivity contribution is 5.67. The van der Waals surface area contributed by atoms with Crippen LogP contribution in [0.5, 0.6) is 0 Å². The van der Waals surface area contributed by atoms with Crippen LogP contribution in [-0.4, -0.2) is 5.97 Å². The number of hydrogen-bond acceptors (Lipinski definition) is 2. The Kier molecular flexibility index (Phi) is 2.92. The van der Waals surface area contributed by atoms with Gasteiger partial charge in [0, 0.05) is 12.4 Å². The van der Waals surface area contributed by atoms with Crippen molar-refractivity contribution in [3.8, 4) is 0 Å². The molecule has 0 bridgehead atoms. The van der Waals surface area contributed by atoms with Gasteiger partial charge in [0.2, 0.25) is 0 Å². The summed E-state index contributed by atoms with van der Waals surface area (Å²) in [6.45, 7) is 5.36. The molecule has 0 radical (unpaired) electrons. The van der Waals surface area contributed by atoms with Gasteiger partial charge in [-0.1, -0.05) is 19.1 Å². The van der Waals surface area contributed by atoms with Crippen LogP contribution in [0, 0.1) is 0 Å². The van der Waals surface area contributed by atoms with Gasteiger partial charge in [-0.15, -0.1) is 0 Å². The Hall–Kier alpha value is -0.790. The third kappa shape index (κ3) is 3.40. The van der Waals surface area contributed by atoms with Gasteiger partial charge in [-0.05, 0) is 6.42 Å². The summed E-state index contributed by atoms with van der Waals surface area (Å²) < 4.78 is 0. The monoisotopic (exact) mass is 113 g/mol. The molecule has 0 heterocycles. The van der Waals surface area contributed by atoms with E-state index in [-0.39, 0.29) is 6.42 Å². The maximum Gasteiger partial charge on any atom is 0.0454 e. The summed E-state index contributed by atoms with van der Waals surface area (Å²) in [5, 5.41) is 9.80. The van der Waals surface area contributed by atoms with Crippen molar-refractivity contribution in [2.75, 3.05) is 0 Å². The molecule has 0 saturated heterocycles. The Morgan fingerprint density at radius 1 is 1.75 bits per heavy atom. The molecule has 0 atom stereocenters. The average Bonchev–Trinajstić information content (AvgIpc) is 1.65. The first-order valence-corrected chi connectivity index (χ1v) is 2.53. The van der Waals surface area contributed by atoms with Gasteiger partial charge >= 0.3 is 0 Å². The first kappa shape index (κ1) is 7.21. The summed E-state index contributed by atoms with van der Waals surface area (Å²) in [4.78, 5) is 9.80. The molecule has 0 aromatic carbocycles. The molecule has 0 rings (SSSR count). The smallest absolute Gasteiger partial charge is 0.0454 e. The fraction of sp³-hybridized carbons (Fsp3) is 0.500. The van der Waals surface area contributed by atoms with Crippen molar-refractivity contribution in [3.63, 3.8) is 0 Å². The quantitative estimate of drug-likeness (QED) is 0.487. The number of rotatable bonds is 3. The highest BCUT2D eigenvalue weighted by atomic mass is 16.4. The molecule has 8 heavy (non-hydrogen) atoms. The van der Waals surface area contributed by atoms with Gasteiger partial charge < -0.3 is 9.90 Å². The average molecular weight is 113 g/mol. The second-order valence-electron chi connectivity index (χ2n) is 1.65. The van der Waals surface area contributed by atoms with Crippen molar-refractivity contribution in [2.45, 2.75) is 19.8 Å². The summed E-state index contributed by atoms with van der Waals surface area (Å²) in [6.07, 6.45) is 0.713. The Morgan fingerprint density at radius 3 is 2.38 bits per heavy atom. The second kappa shape index (κ2) is 3.24. The molecule has 46 valence electrons. The fourth-order valence-corrected chi connectivity index (χ4v) is 0.329. The molecular formula is C6H9O2-. The molecule has 0 fully saturated rings. The second-order valence-corrected chi connectivity index (χ2v) is 1.65. The van der Waals surface area contributed by atoms with E-state index in [1.54, 1.807) is 0 Å². The third-order valence-corrected chi connectivity index (χ3v) is 0.894. The first-order valence-electron chi connectivity index (χ1n) is 2.53. The van der Waals surface area contributed by atoms with Gasteiger partial charge in [0.1, 0.15) is 0 Å². The molecule has 0 unspecified atom stereocenters. The summed E-state index contributed by atoms with van der Waals surface area (Å²) in [7, 11) is 0. The van der Waals surface area contributed by atoms with Gasteiger partial charge in [0.25, 0.3) is 0 Å². The van der Waals surface area contributed by atoms with Crippen molar-refractivity contribution in [3.05, 3.63) is 12.2 Å². The predicted molar refractivity (Wildman–Crippen MR) is 29.1 cm³/mol. The number of aliphatic carboxylic acids is 1. The van der Waals surface area contributed by atoms with Gasteiger partial charge in [-0.2, -0.15) is 0 Å². The zero-order valence-electron chi connectivity index (χ0n) is 4.94. The van der Waals surface area contributed by atoms with Crippen LogP contribution >= 0.6 is 0 Å². The van der Waals surface area contributed by atoms with Crippen molar-refractivity contribution >= 4 is 5.97 Å². The molecule has 0 aliphatic rings. The zero-order valence-corrected chi connectivity index (χ0v) is 4.94. The minimum absolute atomic E-state index is 0.00347. The number of carbonyl (C=O) groups excluding carboxylic acids is 1. The first-order chi connectivity index (χ1) is 3.66. The number of carboxylic acid groups (broad SMARTS) is 1. The van der Waals surface area contributed by atoms with Crippen molar-refractivity contribution in [2.24, 2.45) is 0 Å². The summed E-state index contributed by atoms with van der Waals surface area (Å²) in [5.74, 6) is -1.04. The molecule has 0 saturated carbocycles. The molecule has 0 N–H and O–H groups in total. The van der Waals surface area contributed by atoms with Crippen LogP contribution in [0.3, 0.4) is 0 Å². The molecule has 2 nitrogen and oxygen atoms in total. The largest absolute Gasteiger partial charge is 0.550 e. The lowest BCUT2D eigenvalue weighted by molar-refractivity contribution is -0.304. The van der Waals surface area contributed by atoms with Crippen LogP contribution in [0.1, 0.15) is 19.8 Å². The molecule has 0 aliphatic heterocycles. The van der Waals surface area contributed by atoms with Crippen molar-refractivity contribution < 1.29 is 9.90 Å². The van der Waals surface area contributed by atoms with Gasteiger partial charge in [-0.3, -0.25) is 0 Å². The van der Waals surface area contributed by atoms with E-state index in [9.17, 15) is 9.90 Å². The normalized spacial score (nSPS) is 8.62. The van der Waals surface area contributed by atoms with E-state index >= 15 is 0 Å². The van der Waals surface area contributed by atoms with Gasteiger partial charge in [-0.25, -0.2) is 0 Å². The lowest BCUT2D eigenvalue weighted by Crippen LogP contribution is -2.21. The van der Waals surface area contributed by atoms with Crippen molar-refractivity contribution in [1.29, 1.82) is 0 Å². The summed E-state index contributed by atoms with van der Waals surface area (Å²) >= 11 is 0. The minimum atomic E-state index is -1.04. The lowest BCUT2D eigenvalue weighted by Gasteiger charge is -2.00. The van der Waals surface area contributed by atoms with Crippen LogP contribution in [0.4, 0.5) is 0 Å². The SMILES string of the molecule is C=C(CC)CC(=O)[O-]. The predicted octanol–water partition coefficient (Wildman–Crippen LogP) is 0.0926. The van der Waals surface area contributed by atoms with Crippen molar-refractivity contribution in [1.82, 2.24) is 0 Å². The topological polar surface area (TPSA) is 40.1 Å². The highest BCUT2D eigenvalue weighted by Crippen LogP contribution is 1.99. The van der Waals surface area contributed by atoms with Crippen LogP contribution < -0.4 is 5.11 Å². The Balaban J connectivity index is 3.40. The molecule has 0 amide bonds. The molecule has 0 aliphatic carbocycles. The molecule has 2 heteroatoms. The van der Waals surface area contributed by atoms with Crippen LogP contribution in [0.15, 0.2) is 12.2 Å². The van der Waals surface area contributed by atoms with E-state index in [0.29, 0.717) is 12.0 Å². The van der Waals surface area contributed by atoms with Crippen LogP contribution in [0.2, 0.25) is 0 Å². The van der Waals surface area contributed by atoms with Gasteiger partial charge in [0.05, 0.1) is 0 Å². The standard InChI is InChI=1S/C6H10O2/c1-3-5(2)4-6(7)8/h2-4H2,1H3,(H,7,8)/p-1. The van der Waals surface area contributed by atoms with Gasteiger partial charge in [0.15, 0.2) is 0 Å². The third-order valence-electron chi connectivity index (χ3n) is 0.894. The summed E-state index contributed by atoms with van der Waals surface area (Å²) in [5.41, 5.74) is 0.713. The molecule has 0 aromatic heterocycles. The fourth-order valence-electron chi connectivity index (χ4n) is 0.329. The molecule has 0 aromatic rings. The number of carbonyl (C=O) groups is 1. The maximum atomic E-state index is 9.80. The van der Waals surface area contributed by atoms with E-state index in [0.717, 1.165) is 0 Å². The van der Waals surface area contributed by atoms with E-state index in [2.05, 4.69) is 6.58 Å². The lowest BCUT2D eigenvalue weighted by atomic mass is 10.2. The van der Waals surface area contributed by atoms with Crippen LogP contribution in [0.25, 0.3) is 0 Å². The number of hydrogen-bond donors (Lipinski definition) is 0.